The Labute approximate surface area is 430 Å². The van der Waals surface area contributed by atoms with Crippen LogP contribution in [-0.4, -0.2) is 217 Å². The number of hydrogen-bond acceptors (Lipinski definition) is 39. The van der Waals surface area contributed by atoms with Crippen LogP contribution in [-0.2, 0) is 81.3 Å². The molecule has 4 heterocycles. The van der Waals surface area contributed by atoms with Crippen LogP contribution < -0.4 is 85.2 Å². The van der Waals surface area contributed by atoms with Gasteiger partial charge in [-0.25, -0.2) is 52.1 Å². The summed E-state index contributed by atoms with van der Waals surface area (Å²) in [7, 11) is 0. The van der Waals surface area contributed by atoms with E-state index in [0.29, 0.717) is 0 Å². The first-order valence-electron chi connectivity index (χ1n) is 23.0. The fraction of sp³-hybridized carbons (Fsp3) is 0.943. The van der Waals surface area contributed by atoms with Crippen molar-refractivity contribution in [3.8, 4) is 0 Å². The van der Waals surface area contributed by atoms with Crippen LogP contribution in [0.15, 0.2) is 10.4 Å². The molecule has 76 heavy (non-hydrogen) atoms. The quantitative estimate of drug-likeness (QED) is 0.0180. The maximum atomic E-state index is 13.3. The third kappa shape index (κ3) is 13.7. The number of nitrogens with one attached hydrogen (secondary N) is 7. The molecule has 5 rings (SSSR count). The second-order valence-corrected chi connectivity index (χ2v) is 18.0. The van der Waals surface area contributed by atoms with Gasteiger partial charge in [0, 0.05) is 19.8 Å². The van der Waals surface area contributed by atoms with Crippen molar-refractivity contribution in [1.29, 1.82) is 0 Å². The first-order valence-corrected chi connectivity index (χ1v) is 23.0. The first-order chi connectivity index (χ1) is 36.5. The number of carbonyl (C=O) groups excluding carboxylic acids is 2. The van der Waals surface area contributed by atoms with E-state index in [1.54, 1.807) is 6.92 Å². The molecule has 2 amide bonds. The Kier molecular flexibility index (Phi) is 25.0. The van der Waals surface area contributed by atoms with Crippen LogP contribution in [0.1, 0.15) is 20.8 Å². The van der Waals surface area contributed by atoms with Crippen LogP contribution in [0.25, 0.3) is 0 Å². The number of hydrogen-bond donors (Lipinski definition) is 20. The lowest BCUT2D eigenvalue weighted by molar-refractivity contribution is -0.381. The van der Waals surface area contributed by atoms with Crippen LogP contribution in [0.4, 0.5) is 0 Å². The van der Waals surface area contributed by atoms with Crippen molar-refractivity contribution in [2.75, 3.05) is 33.0 Å². The number of rotatable bonds is 30. The van der Waals surface area contributed by atoms with Crippen LogP contribution in [0.3, 0.4) is 0 Å². The number of hydroxylamine groups is 3. The number of aliphatic hydroxyl groups is 2. The summed E-state index contributed by atoms with van der Waals surface area (Å²) >= 11 is 0. The van der Waals surface area contributed by atoms with Gasteiger partial charge in [-0.1, -0.05) is 10.4 Å². The Bertz CT molecular complexity index is 1810. The lowest BCUT2D eigenvalue weighted by atomic mass is 9.60. The summed E-state index contributed by atoms with van der Waals surface area (Å²) in [6, 6.07) is -8.19. The van der Waals surface area contributed by atoms with Gasteiger partial charge in [0.15, 0.2) is 37.4 Å². The van der Waals surface area contributed by atoms with Gasteiger partial charge in [-0.05, 0) is 6.92 Å². The van der Waals surface area contributed by atoms with Gasteiger partial charge in [0.2, 0.25) is 11.8 Å². The van der Waals surface area contributed by atoms with E-state index in [0.717, 1.165) is 6.92 Å². The third-order valence-corrected chi connectivity index (χ3v) is 13.7. The molecule has 4 aliphatic heterocycles. The SMILES string of the molecule is CC(=O)NNC1C(NO)[C@H](O[C@H](O)C2(NNC(C)=O)C(CON)[C@@H](O[C@@H]3OC(CO[C@H]4OC(CN=O)[C@@H](N)C(NO)C4ON)[C@@H](NO)C(O[C@H]4OC(CON)[C@@H](O)C(ON)C4ON)C3ON)C2N=O)C(CON)O[C@H]1C. The summed E-state index contributed by atoms with van der Waals surface area (Å²) in [5, 5.41) is 60.7. The number of nitrogens with two attached hydrogens (primary N) is 8. The maximum absolute atomic E-state index is 13.3. The molecule has 4 saturated heterocycles. The number of aliphatic hydroxyl groups excluding tert-OH is 2. The van der Waals surface area contributed by atoms with Crippen molar-refractivity contribution in [1.82, 2.24) is 38.1 Å². The lowest BCUT2D eigenvalue weighted by Gasteiger charge is -2.60. The Morgan fingerprint density at radius 3 is 1.72 bits per heavy atom. The Morgan fingerprint density at radius 2 is 1.18 bits per heavy atom. The molecule has 41 heteroatoms. The van der Waals surface area contributed by atoms with Gasteiger partial charge < -0.3 is 84.0 Å². The average molecular weight is 1110 g/mol. The van der Waals surface area contributed by atoms with Crippen LogP contribution in [0.5, 0.6) is 0 Å². The molecule has 0 aromatic rings. The number of nitroso groups, excluding NO2 is 2. The smallest absolute Gasteiger partial charge is 0.230 e. The number of amides is 2. The predicted molar refractivity (Wildman–Crippen MR) is 238 cm³/mol. The summed E-state index contributed by atoms with van der Waals surface area (Å²) in [4.78, 5) is 84.1. The normalized spacial score (nSPS) is 42.1. The van der Waals surface area contributed by atoms with E-state index in [-0.39, 0.29) is 0 Å². The molecule has 0 aromatic carbocycles. The van der Waals surface area contributed by atoms with Crippen LogP contribution >= 0.6 is 0 Å². The molecule has 5 aliphatic rings. The summed E-state index contributed by atoms with van der Waals surface area (Å²) in [6.07, 6.45) is -26.7. The highest BCUT2D eigenvalue weighted by Crippen LogP contribution is 2.48. The highest BCUT2D eigenvalue weighted by molar-refractivity contribution is 5.72. The minimum absolute atomic E-state index is 0.422. The van der Waals surface area contributed by atoms with Gasteiger partial charge in [0.25, 0.3) is 0 Å². The molecular formula is C35H71N17O24. The van der Waals surface area contributed by atoms with Crippen molar-refractivity contribution in [2.24, 2.45) is 63.3 Å². The zero-order valence-corrected chi connectivity index (χ0v) is 40.9. The second-order valence-electron chi connectivity index (χ2n) is 18.0. The van der Waals surface area contributed by atoms with Crippen molar-refractivity contribution in [2.45, 2.75) is 167 Å². The van der Waals surface area contributed by atoms with E-state index >= 15 is 0 Å². The molecule has 1 saturated carbocycles. The summed E-state index contributed by atoms with van der Waals surface area (Å²) in [5.74, 6) is 36.2. The van der Waals surface area contributed by atoms with Gasteiger partial charge in [-0.3, -0.25) is 39.8 Å². The largest absolute Gasteiger partial charge is 0.387 e. The lowest BCUT2D eigenvalue weighted by Crippen LogP contribution is -2.85. The fourth-order valence-corrected chi connectivity index (χ4v) is 9.94. The minimum atomic E-state index is -2.32. The summed E-state index contributed by atoms with van der Waals surface area (Å²) < 4.78 is 49.2. The van der Waals surface area contributed by atoms with E-state index in [1.165, 1.54) is 6.92 Å². The van der Waals surface area contributed by atoms with Crippen LogP contribution in [0.2, 0.25) is 0 Å². The highest BCUT2D eigenvalue weighted by Gasteiger charge is 2.71. The molecule has 28 N–H and O–H groups in total. The zero-order valence-electron chi connectivity index (χ0n) is 40.9. The minimum Gasteiger partial charge on any atom is -0.387 e. The van der Waals surface area contributed by atoms with E-state index < -0.39 is 197 Å². The van der Waals surface area contributed by atoms with Crippen molar-refractivity contribution in [3.05, 3.63) is 9.81 Å². The number of nitrogens with zero attached hydrogens (tertiary/aromatic N) is 2. The van der Waals surface area contributed by atoms with Crippen molar-refractivity contribution < 1.29 is 107 Å². The zero-order chi connectivity index (χ0) is 56.0. The fourth-order valence-electron chi connectivity index (χ4n) is 9.94. The summed E-state index contributed by atoms with van der Waals surface area (Å²) in [6.45, 7) is 0.987. The van der Waals surface area contributed by atoms with Gasteiger partial charge in [0.05, 0.1) is 68.8 Å². The molecule has 0 radical (unpaired) electrons. The van der Waals surface area contributed by atoms with Gasteiger partial charge >= 0.3 is 0 Å². The number of carbonyl (C=O) groups is 2. The van der Waals surface area contributed by atoms with E-state index in [1.807, 2.05) is 11.0 Å². The third-order valence-electron chi connectivity index (χ3n) is 13.7. The maximum Gasteiger partial charge on any atom is 0.230 e. The average Bonchev–Trinajstić information content (AvgIpc) is 3.40. The molecule has 1 aliphatic carbocycles. The molecule has 15 unspecified atom stereocenters. The molecule has 440 valence electrons. The molecule has 41 nitrogen and oxygen atoms in total. The van der Waals surface area contributed by atoms with Gasteiger partial charge in [0.1, 0.15) is 73.1 Å². The van der Waals surface area contributed by atoms with Gasteiger partial charge in [-0.2, -0.15) is 26.3 Å². The summed E-state index contributed by atoms with van der Waals surface area (Å²) in [5.41, 5.74) is 19.9. The molecular weight excluding hydrogens is 1040 g/mol. The molecule has 0 aromatic heterocycles. The number of hydrazine groups is 2. The van der Waals surface area contributed by atoms with Crippen LogP contribution in [0, 0.1) is 15.7 Å². The van der Waals surface area contributed by atoms with Crippen molar-refractivity contribution in [3.63, 3.8) is 0 Å². The standard InChI is InChI=1S/C35H71N17O24/c1-9-18(47-45-10(2)53)21(50-60)24(16(66-9)8-65-39)72-34(56)35(52-46-11(3)54)12(5-63-37)23(30(35)51-61)70-32-28(75-42)25(71-33-29(76-43)27(74-41)22(55)15(69-33)7-64-38)19(48-58)14(68-32)6-62-31-26(73-40)20(49-59)17(36)13(67-31)4-44-57/h9,12-34,47-50,52,55-56,58-60H,4-8,36-43H2,1-3H3,(H,45,53)(H,46,54)/t9-,12?,13?,14?,15?,16?,17+,18?,19+,20?,21?,22+,23+,24+,25?,26?,27?,28?,29?,30?,31-,32-,33+,34-,35?/m0/s1. The molecule has 5 fully saturated rings. The Morgan fingerprint density at radius 1 is 0.632 bits per heavy atom. The molecule has 25 atom stereocenters. The van der Waals surface area contributed by atoms with E-state index in [2.05, 4.69) is 37.5 Å². The number of ether oxygens (including phenoxy) is 8. The van der Waals surface area contributed by atoms with E-state index in [4.69, 9.17) is 119 Å². The molecule has 0 spiro atoms. The Balaban J connectivity index is 1.57. The highest BCUT2D eigenvalue weighted by atomic mass is 16.8. The van der Waals surface area contributed by atoms with Crippen molar-refractivity contribution >= 4 is 11.8 Å². The first kappa shape index (κ1) is 63.6. The van der Waals surface area contributed by atoms with Gasteiger partial charge in [-0.15, -0.1) is 0 Å². The second kappa shape index (κ2) is 29.9. The topological polar surface area (TPSA) is 625 Å². The predicted octanol–water partition coefficient (Wildman–Crippen LogP) is -11.2. The van der Waals surface area contributed by atoms with E-state index in [9.17, 15) is 45.2 Å². The monoisotopic (exact) mass is 1110 g/mol. The Hall–Kier alpha value is -3.18. The molecule has 0 bridgehead atoms.